The van der Waals surface area contributed by atoms with Crippen LogP contribution < -0.4 is 5.32 Å². The first-order chi connectivity index (χ1) is 7.90. The monoisotopic (exact) mass is 221 g/mol. The van der Waals surface area contributed by atoms with Crippen molar-refractivity contribution >= 4 is 0 Å². The van der Waals surface area contributed by atoms with Gasteiger partial charge in [0.15, 0.2) is 0 Å². The predicted octanol–water partition coefficient (Wildman–Crippen LogP) is 0.674. The van der Waals surface area contributed by atoms with Crippen LogP contribution in [-0.4, -0.2) is 49.7 Å². The van der Waals surface area contributed by atoms with Gasteiger partial charge in [-0.1, -0.05) is 6.07 Å². The maximum absolute atomic E-state index is 5.54. The van der Waals surface area contributed by atoms with E-state index >= 15 is 0 Å². The second-order valence-corrected chi connectivity index (χ2v) is 4.06. The van der Waals surface area contributed by atoms with E-state index in [4.69, 9.17) is 4.74 Å². The molecule has 1 fully saturated rings. The molecule has 1 atom stereocenters. The first kappa shape index (κ1) is 11.5. The summed E-state index contributed by atoms with van der Waals surface area (Å²) in [7, 11) is 1.76. The Morgan fingerprint density at radius 1 is 1.50 bits per heavy atom. The Morgan fingerprint density at radius 2 is 2.31 bits per heavy atom. The van der Waals surface area contributed by atoms with Crippen molar-refractivity contribution in [3.8, 4) is 0 Å². The number of hydrogen-bond acceptors (Lipinski definition) is 4. The molecule has 0 bridgehead atoms. The molecule has 1 N–H and O–H groups in total. The average molecular weight is 221 g/mol. The first-order valence-corrected chi connectivity index (χ1v) is 5.76. The van der Waals surface area contributed by atoms with Gasteiger partial charge >= 0.3 is 0 Å². The number of nitrogens with zero attached hydrogens (tertiary/aromatic N) is 2. The van der Waals surface area contributed by atoms with Crippen molar-refractivity contribution in [2.24, 2.45) is 0 Å². The highest BCUT2D eigenvalue weighted by molar-refractivity contribution is 5.12. The number of ether oxygens (including phenoxy) is 1. The van der Waals surface area contributed by atoms with Gasteiger partial charge in [0, 0.05) is 57.8 Å². The van der Waals surface area contributed by atoms with Crippen molar-refractivity contribution in [3.05, 3.63) is 30.1 Å². The highest BCUT2D eigenvalue weighted by Gasteiger charge is 2.17. The number of rotatable bonds is 4. The van der Waals surface area contributed by atoms with Gasteiger partial charge in [0.2, 0.25) is 0 Å². The Balaban J connectivity index is 1.94. The van der Waals surface area contributed by atoms with E-state index in [0.29, 0.717) is 0 Å². The van der Waals surface area contributed by atoms with E-state index in [1.54, 1.807) is 13.3 Å². The Hall–Kier alpha value is -0.970. The Kier molecular flexibility index (Phi) is 4.27. The third kappa shape index (κ3) is 3.01. The van der Waals surface area contributed by atoms with Crippen LogP contribution in [-0.2, 0) is 4.74 Å². The van der Waals surface area contributed by atoms with Crippen LogP contribution in [0, 0.1) is 0 Å². The van der Waals surface area contributed by atoms with Crippen molar-refractivity contribution in [2.75, 3.05) is 39.8 Å². The molecule has 16 heavy (non-hydrogen) atoms. The van der Waals surface area contributed by atoms with Crippen LogP contribution in [0.3, 0.4) is 0 Å². The van der Waals surface area contributed by atoms with Crippen LogP contribution >= 0.6 is 0 Å². The summed E-state index contributed by atoms with van der Waals surface area (Å²) in [4.78, 5) is 6.56. The lowest BCUT2D eigenvalue weighted by atomic mass is 10.1. The molecule has 0 radical (unpaired) electrons. The fourth-order valence-corrected chi connectivity index (χ4v) is 2.01. The lowest BCUT2D eigenvalue weighted by Crippen LogP contribution is -2.45. The molecule has 0 aromatic carbocycles. The lowest BCUT2D eigenvalue weighted by Gasteiger charge is -2.30. The largest absolute Gasteiger partial charge is 0.375 e. The van der Waals surface area contributed by atoms with Gasteiger partial charge in [-0.05, 0) is 6.07 Å². The second kappa shape index (κ2) is 5.94. The summed E-state index contributed by atoms with van der Waals surface area (Å²) in [5.41, 5.74) is 1.16. The van der Waals surface area contributed by atoms with Gasteiger partial charge < -0.3 is 10.1 Å². The molecule has 1 aliphatic heterocycles. The van der Waals surface area contributed by atoms with Crippen LogP contribution in [0.5, 0.6) is 0 Å². The number of hydrogen-bond donors (Lipinski definition) is 1. The van der Waals surface area contributed by atoms with Crippen molar-refractivity contribution in [1.29, 1.82) is 0 Å². The number of aromatic nitrogens is 1. The summed E-state index contributed by atoms with van der Waals surface area (Å²) >= 11 is 0. The zero-order valence-corrected chi connectivity index (χ0v) is 9.72. The smallest absolute Gasteiger partial charge is 0.0962 e. The minimum absolute atomic E-state index is 0.131. The molecule has 2 heterocycles. The van der Waals surface area contributed by atoms with Crippen LogP contribution in [0.2, 0.25) is 0 Å². The molecule has 88 valence electrons. The number of nitrogens with one attached hydrogen (secondary N) is 1. The minimum atomic E-state index is 0.131. The topological polar surface area (TPSA) is 37.4 Å². The summed E-state index contributed by atoms with van der Waals surface area (Å²) in [6.07, 6.45) is 3.81. The second-order valence-electron chi connectivity index (χ2n) is 4.06. The van der Waals surface area contributed by atoms with Crippen molar-refractivity contribution in [1.82, 2.24) is 15.2 Å². The van der Waals surface area contributed by atoms with Crippen molar-refractivity contribution in [3.63, 3.8) is 0 Å². The first-order valence-electron chi connectivity index (χ1n) is 5.76. The minimum Gasteiger partial charge on any atom is -0.375 e. The maximum Gasteiger partial charge on any atom is 0.0962 e. The van der Waals surface area contributed by atoms with Crippen LogP contribution in [0.25, 0.3) is 0 Å². The summed E-state index contributed by atoms with van der Waals surface area (Å²) in [5.74, 6) is 0. The molecule has 0 saturated carbocycles. The van der Waals surface area contributed by atoms with Gasteiger partial charge in [-0.25, -0.2) is 0 Å². The maximum atomic E-state index is 5.54. The molecule has 4 nitrogen and oxygen atoms in total. The molecule has 0 aliphatic carbocycles. The third-order valence-electron chi connectivity index (χ3n) is 2.97. The molecule has 4 heteroatoms. The fourth-order valence-electron chi connectivity index (χ4n) is 2.01. The van der Waals surface area contributed by atoms with E-state index < -0.39 is 0 Å². The zero-order valence-electron chi connectivity index (χ0n) is 9.72. The normalized spacial score (nSPS) is 19.6. The van der Waals surface area contributed by atoms with Gasteiger partial charge in [-0.15, -0.1) is 0 Å². The zero-order chi connectivity index (χ0) is 11.2. The van der Waals surface area contributed by atoms with Gasteiger partial charge in [0.05, 0.1) is 6.10 Å². The molecule has 1 aliphatic rings. The average Bonchev–Trinajstić information content (AvgIpc) is 2.38. The van der Waals surface area contributed by atoms with Gasteiger partial charge in [-0.3, -0.25) is 9.88 Å². The van der Waals surface area contributed by atoms with E-state index in [-0.39, 0.29) is 6.10 Å². The molecular formula is C12H19N3O. The highest BCUT2D eigenvalue weighted by atomic mass is 16.5. The quantitative estimate of drug-likeness (QED) is 0.811. The van der Waals surface area contributed by atoms with E-state index in [0.717, 1.165) is 38.3 Å². The van der Waals surface area contributed by atoms with Crippen molar-refractivity contribution < 1.29 is 4.74 Å². The lowest BCUT2D eigenvalue weighted by molar-refractivity contribution is 0.0592. The number of piperazine rings is 1. The predicted molar refractivity (Wildman–Crippen MR) is 63.3 cm³/mol. The van der Waals surface area contributed by atoms with Gasteiger partial charge in [0.1, 0.15) is 0 Å². The van der Waals surface area contributed by atoms with E-state index in [1.165, 1.54) is 0 Å². The molecule has 0 spiro atoms. The van der Waals surface area contributed by atoms with Crippen molar-refractivity contribution in [2.45, 2.75) is 6.10 Å². The molecule has 1 saturated heterocycles. The van der Waals surface area contributed by atoms with E-state index in [2.05, 4.69) is 21.3 Å². The molecule has 0 amide bonds. The van der Waals surface area contributed by atoms with E-state index in [9.17, 15) is 0 Å². The Bertz CT molecular complexity index is 298. The van der Waals surface area contributed by atoms with Gasteiger partial charge in [0.25, 0.3) is 0 Å². The number of methoxy groups -OCH3 is 1. The SMILES string of the molecule is COC(CN1CCNCC1)c1cccnc1. The summed E-state index contributed by atoms with van der Waals surface area (Å²) in [6, 6.07) is 4.03. The molecule has 1 unspecified atom stereocenters. The highest BCUT2D eigenvalue weighted by Crippen LogP contribution is 2.16. The summed E-state index contributed by atoms with van der Waals surface area (Å²) in [6.45, 7) is 5.29. The summed E-state index contributed by atoms with van der Waals surface area (Å²) < 4.78 is 5.54. The van der Waals surface area contributed by atoms with Gasteiger partial charge in [-0.2, -0.15) is 0 Å². The Labute approximate surface area is 96.6 Å². The molecule has 1 aromatic rings. The van der Waals surface area contributed by atoms with Crippen LogP contribution in [0.1, 0.15) is 11.7 Å². The molecule has 2 rings (SSSR count). The molecule has 1 aromatic heterocycles. The van der Waals surface area contributed by atoms with Crippen LogP contribution in [0.4, 0.5) is 0 Å². The third-order valence-corrected chi connectivity index (χ3v) is 2.97. The molecular weight excluding hydrogens is 202 g/mol. The summed E-state index contributed by atoms with van der Waals surface area (Å²) in [5, 5.41) is 3.35. The Morgan fingerprint density at radius 3 is 2.94 bits per heavy atom. The van der Waals surface area contributed by atoms with Crippen LogP contribution in [0.15, 0.2) is 24.5 Å². The van der Waals surface area contributed by atoms with E-state index in [1.807, 2.05) is 12.3 Å². The fraction of sp³-hybridized carbons (Fsp3) is 0.583. The number of pyridine rings is 1. The standard InChI is InChI=1S/C12H19N3O/c1-16-12(11-3-2-4-14-9-11)10-15-7-5-13-6-8-15/h2-4,9,12-13H,5-8,10H2,1H3.